The van der Waals surface area contributed by atoms with Crippen LogP contribution in [0.4, 0.5) is 5.13 Å². The summed E-state index contributed by atoms with van der Waals surface area (Å²) in [5, 5.41) is 5.69. The first-order chi connectivity index (χ1) is 9.99. The summed E-state index contributed by atoms with van der Waals surface area (Å²) in [5.41, 5.74) is -0.0442. The molecule has 21 heavy (non-hydrogen) atoms. The predicted octanol–water partition coefficient (Wildman–Crippen LogP) is 0.307. The number of hydrogen-bond acceptors (Lipinski definition) is 8. The first kappa shape index (κ1) is 17.1. The lowest BCUT2D eigenvalue weighted by atomic mass is 10.3. The number of thiazole rings is 1. The van der Waals surface area contributed by atoms with Gasteiger partial charge in [-0.25, -0.2) is 9.78 Å². The maximum atomic E-state index is 11.5. The number of Topliss-reactive ketones (excluding diaryl/α,β-unsaturated/α-hetero) is 1. The Kier molecular flexibility index (Phi) is 6.76. The summed E-state index contributed by atoms with van der Waals surface area (Å²) in [6, 6.07) is 0. The molecule has 0 aliphatic carbocycles. The summed E-state index contributed by atoms with van der Waals surface area (Å²) < 4.78 is 9.37. The standard InChI is InChI=1S/C12H17N3O5S/c1-7(16)10-9(11(18)20-3)15-12(21-10)14-6-8(17)13-4-5-19-2/h4-6H2,1-3H3,(H,13,17)(H,14,15). The molecule has 0 atom stereocenters. The summed E-state index contributed by atoms with van der Waals surface area (Å²) in [4.78, 5) is 38.6. The summed E-state index contributed by atoms with van der Waals surface area (Å²) in [6.07, 6.45) is 0. The highest BCUT2D eigenvalue weighted by Crippen LogP contribution is 2.24. The Hall–Kier alpha value is -2.00. The number of methoxy groups -OCH3 is 2. The Morgan fingerprint density at radius 3 is 2.57 bits per heavy atom. The van der Waals surface area contributed by atoms with Crippen LogP contribution in [0.15, 0.2) is 0 Å². The summed E-state index contributed by atoms with van der Waals surface area (Å²) in [7, 11) is 2.75. The second kappa shape index (κ2) is 8.32. The van der Waals surface area contributed by atoms with Gasteiger partial charge in [-0.05, 0) is 0 Å². The average Bonchev–Trinajstić information content (AvgIpc) is 2.89. The van der Waals surface area contributed by atoms with Crippen molar-refractivity contribution in [2.24, 2.45) is 0 Å². The van der Waals surface area contributed by atoms with E-state index in [0.29, 0.717) is 18.3 Å². The fourth-order valence-corrected chi connectivity index (χ4v) is 2.22. The molecule has 8 nitrogen and oxygen atoms in total. The minimum atomic E-state index is -0.686. The molecule has 0 aliphatic heterocycles. The molecule has 2 N–H and O–H groups in total. The van der Waals surface area contributed by atoms with Crippen molar-refractivity contribution in [2.45, 2.75) is 6.92 Å². The van der Waals surface area contributed by atoms with E-state index >= 15 is 0 Å². The molecule has 0 unspecified atom stereocenters. The van der Waals surface area contributed by atoms with E-state index in [1.165, 1.54) is 21.1 Å². The first-order valence-corrected chi connectivity index (χ1v) is 6.90. The van der Waals surface area contributed by atoms with Gasteiger partial charge < -0.3 is 20.1 Å². The summed E-state index contributed by atoms with van der Waals surface area (Å²) >= 11 is 1.00. The van der Waals surface area contributed by atoms with Gasteiger partial charge in [0.15, 0.2) is 16.6 Å². The number of nitrogens with zero attached hydrogens (tertiary/aromatic N) is 1. The molecule has 1 aromatic rings. The monoisotopic (exact) mass is 315 g/mol. The van der Waals surface area contributed by atoms with Gasteiger partial charge in [-0.3, -0.25) is 9.59 Å². The average molecular weight is 315 g/mol. The lowest BCUT2D eigenvalue weighted by molar-refractivity contribution is -0.119. The van der Waals surface area contributed by atoms with Crippen molar-refractivity contribution >= 4 is 34.1 Å². The Balaban J connectivity index is 2.66. The lowest BCUT2D eigenvalue weighted by Crippen LogP contribution is -2.32. The fraction of sp³-hybridized carbons (Fsp3) is 0.500. The molecule has 0 saturated heterocycles. The lowest BCUT2D eigenvalue weighted by Gasteiger charge is -2.04. The molecule has 0 aliphatic rings. The molecule has 1 aromatic heterocycles. The molecule has 0 saturated carbocycles. The van der Waals surface area contributed by atoms with Gasteiger partial charge >= 0.3 is 5.97 Å². The number of carbonyl (C=O) groups excluding carboxylic acids is 3. The smallest absolute Gasteiger partial charge is 0.358 e. The van der Waals surface area contributed by atoms with E-state index < -0.39 is 5.97 Å². The van der Waals surface area contributed by atoms with E-state index in [1.54, 1.807) is 0 Å². The number of nitrogens with one attached hydrogen (secondary N) is 2. The van der Waals surface area contributed by atoms with Gasteiger partial charge in [-0.2, -0.15) is 0 Å². The number of carbonyl (C=O) groups is 3. The van der Waals surface area contributed by atoms with Gasteiger partial charge in [-0.1, -0.05) is 11.3 Å². The van der Waals surface area contributed by atoms with Crippen LogP contribution in [0, 0.1) is 0 Å². The topological polar surface area (TPSA) is 107 Å². The molecule has 0 aromatic carbocycles. The number of amides is 1. The Labute approximate surface area is 125 Å². The normalized spacial score (nSPS) is 10.0. The van der Waals surface area contributed by atoms with E-state index in [4.69, 9.17) is 4.74 Å². The number of esters is 1. The number of anilines is 1. The Morgan fingerprint density at radius 1 is 1.29 bits per heavy atom. The molecule has 1 rings (SSSR count). The van der Waals surface area contributed by atoms with E-state index in [-0.39, 0.29) is 28.8 Å². The number of ketones is 1. The second-order valence-corrected chi connectivity index (χ2v) is 4.94. The zero-order chi connectivity index (χ0) is 15.8. The van der Waals surface area contributed by atoms with Crippen LogP contribution in [0.25, 0.3) is 0 Å². The maximum Gasteiger partial charge on any atom is 0.358 e. The van der Waals surface area contributed by atoms with E-state index in [0.717, 1.165) is 11.3 Å². The van der Waals surface area contributed by atoms with E-state index in [1.807, 2.05) is 0 Å². The third-order valence-electron chi connectivity index (χ3n) is 2.35. The minimum absolute atomic E-state index is 0.0187. The largest absolute Gasteiger partial charge is 0.464 e. The Bertz CT molecular complexity index is 529. The highest BCUT2D eigenvalue weighted by Gasteiger charge is 2.21. The van der Waals surface area contributed by atoms with Crippen molar-refractivity contribution in [1.82, 2.24) is 10.3 Å². The SMILES string of the molecule is COCCNC(=O)CNc1nc(C(=O)OC)c(C(C)=O)s1. The highest BCUT2D eigenvalue weighted by molar-refractivity contribution is 7.17. The van der Waals surface area contributed by atoms with Crippen molar-refractivity contribution in [3.05, 3.63) is 10.6 Å². The van der Waals surface area contributed by atoms with Gasteiger partial charge in [0.25, 0.3) is 0 Å². The predicted molar refractivity (Wildman–Crippen MR) is 76.8 cm³/mol. The van der Waals surface area contributed by atoms with Crippen LogP contribution in [-0.2, 0) is 14.3 Å². The molecule has 0 fully saturated rings. The quantitative estimate of drug-likeness (QED) is 0.404. The fourth-order valence-electron chi connectivity index (χ4n) is 1.38. The van der Waals surface area contributed by atoms with E-state index in [2.05, 4.69) is 20.4 Å². The molecule has 1 amide bonds. The van der Waals surface area contributed by atoms with Gasteiger partial charge in [-0.15, -0.1) is 0 Å². The van der Waals surface area contributed by atoms with Crippen LogP contribution in [0.2, 0.25) is 0 Å². The number of rotatable bonds is 8. The number of ether oxygens (including phenoxy) is 2. The molecule has 0 spiro atoms. The van der Waals surface area contributed by atoms with Crippen molar-refractivity contribution < 1.29 is 23.9 Å². The number of hydrogen-bond donors (Lipinski definition) is 2. The molecule has 116 valence electrons. The van der Waals surface area contributed by atoms with E-state index in [9.17, 15) is 14.4 Å². The second-order valence-electron chi connectivity index (χ2n) is 3.94. The zero-order valence-corrected chi connectivity index (χ0v) is 12.8. The van der Waals surface area contributed by atoms with Crippen LogP contribution in [0.1, 0.15) is 27.1 Å². The molecule has 1 heterocycles. The molecular formula is C12H17N3O5S. The number of aromatic nitrogens is 1. The minimum Gasteiger partial charge on any atom is -0.464 e. The van der Waals surface area contributed by atoms with Gasteiger partial charge in [0.05, 0.1) is 20.3 Å². The molecular weight excluding hydrogens is 298 g/mol. The van der Waals surface area contributed by atoms with Crippen LogP contribution in [0.5, 0.6) is 0 Å². The Morgan fingerprint density at radius 2 is 2.00 bits per heavy atom. The van der Waals surface area contributed by atoms with Gasteiger partial charge in [0, 0.05) is 20.6 Å². The molecule has 0 radical (unpaired) electrons. The van der Waals surface area contributed by atoms with Crippen LogP contribution >= 0.6 is 11.3 Å². The molecule has 0 bridgehead atoms. The highest BCUT2D eigenvalue weighted by atomic mass is 32.1. The first-order valence-electron chi connectivity index (χ1n) is 6.09. The van der Waals surface area contributed by atoms with Crippen LogP contribution in [0.3, 0.4) is 0 Å². The summed E-state index contributed by atoms with van der Waals surface area (Å²) in [5.74, 6) is -1.22. The van der Waals surface area contributed by atoms with Crippen molar-refractivity contribution in [3.63, 3.8) is 0 Å². The van der Waals surface area contributed by atoms with Crippen molar-refractivity contribution in [2.75, 3.05) is 39.2 Å². The van der Waals surface area contributed by atoms with Gasteiger partial charge in [0.2, 0.25) is 5.91 Å². The third-order valence-corrected chi connectivity index (χ3v) is 3.47. The van der Waals surface area contributed by atoms with Crippen LogP contribution in [-0.4, -0.2) is 56.6 Å². The van der Waals surface area contributed by atoms with Crippen molar-refractivity contribution in [1.29, 1.82) is 0 Å². The van der Waals surface area contributed by atoms with Crippen LogP contribution < -0.4 is 10.6 Å². The zero-order valence-electron chi connectivity index (χ0n) is 12.0. The van der Waals surface area contributed by atoms with Crippen molar-refractivity contribution in [3.8, 4) is 0 Å². The van der Waals surface area contributed by atoms with Gasteiger partial charge in [0.1, 0.15) is 4.88 Å². The maximum absolute atomic E-state index is 11.5. The summed E-state index contributed by atoms with van der Waals surface area (Å²) in [6.45, 7) is 2.14. The third kappa shape index (κ3) is 5.12. The molecule has 9 heteroatoms.